The Morgan fingerprint density at radius 1 is 1.35 bits per heavy atom. The summed E-state index contributed by atoms with van der Waals surface area (Å²) in [4.78, 5) is 3.74. The molecule has 2 aliphatic heterocycles. The zero-order valence-electron chi connectivity index (χ0n) is 9.16. The Bertz CT molecular complexity index is 456. The van der Waals surface area contributed by atoms with E-state index in [9.17, 15) is 0 Å². The number of halogens is 2. The molecule has 0 aromatic carbocycles. The number of morpholine rings is 1. The zero-order chi connectivity index (χ0) is 11.8. The Hall–Kier alpha value is 0.0200. The second-order valence-electron chi connectivity index (χ2n) is 4.06. The highest BCUT2D eigenvalue weighted by atomic mass is 127. The minimum Gasteiger partial charge on any atom is -0.378 e. The van der Waals surface area contributed by atoms with Gasteiger partial charge in [-0.2, -0.15) is 0 Å². The lowest BCUT2D eigenvalue weighted by Crippen LogP contribution is -2.36. The fourth-order valence-corrected chi connectivity index (χ4v) is 4.29. The topological polar surface area (TPSA) is 15.7 Å². The SMILES string of the molecule is Clc1cc2c(s1)CN(I)C=C2N1CCOCC1. The van der Waals surface area contributed by atoms with Crippen molar-refractivity contribution in [2.45, 2.75) is 6.54 Å². The smallest absolute Gasteiger partial charge is 0.0938 e. The van der Waals surface area contributed by atoms with E-state index in [1.54, 1.807) is 11.3 Å². The maximum Gasteiger partial charge on any atom is 0.0938 e. The Labute approximate surface area is 123 Å². The molecule has 2 aliphatic rings. The third kappa shape index (κ3) is 2.43. The number of thiophene rings is 1. The molecule has 0 spiro atoms. The van der Waals surface area contributed by atoms with Gasteiger partial charge in [-0.25, -0.2) is 0 Å². The Morgan fingerprint density at radius 3 is 2.88 bits per heavy atom. The van der Waals surface area contributed by atoms with Crippen LogP contribution in [0.5, 0.6) is 0 Å². The van der Waals surface area contributed by atoms with E-state index in [0.717, 1.165) is 37.2 Å². The molecule has 0 saturated carbocycles. The molecule has 0 amide bonds. The molecule has 3 heterocycles. The average molecular weight is 383 g/mol. The van der Waals surface area contributed by atoms with Crippen molar-refractivity contribution in [2.24, 2.45) is 0 Å². The van der Waals surface area contributed by atoms with E-state index in [0.29, 0.717) is 0 Å². The summed E-state index contributed by atoms with van der Waals surface area (Å²) in [6.45, 7) is 4.49. The van der Waals surface area contributed by atoms with Gasteiger partial charge in [-0.05, 0) is 6.07 Å². The van der Waals surface area contributed by atoms with Crippen LogP contribution < -0.4 is 0 Å². The van der Waals surface area contributed by atoms with Crippen molar-refractivity contribution in [3.8, 4) is 0 Å². The largest absolute Gasteiger partial charge is 0.378 e. The Balaban J connectivity index is 1.95. The van der Waals surface area contributed by atoms with E-state index in [1.165, 1.54) is 16.1 Å². The first-order valence-corrected chi connectivity index (χ1v) is 7.65. The van der Waals surface area contributed by atoms with Crippen molar-refractivity contribution in [3.63, 3.8) is 0 Å². The van der Waals surface area contributed by atoms with Gasteiger partial charge >= 0.3 is 0 Å². The molecule has 6 heteroatoms. The number of nitrogens with zero attached hydrogens (tertiary/aromatic N) is 2. The predicted molar refractivity (Wildman–Crippen MR) is 79.3 cm³/mol. The van der Waals surface area contributed by atoms with Gasteiger partial charge < -0.3 is 12.8 Å². The van der Waals surface area contributed by atoms with Crippen molar-refractivity contribution < 1.29 is 4.74 Å². The summed E-state index contributed by atoms with van der Waals surface area (Å²) in [6, 6.07) is 2.09. The molecule has 3 rings (SSSR count). The van der Waals surface area contributed by atoms with Crippen LogP contribution in [-0.4, -0.2) is 34.3 Å². The van der Waals surface area contributed by atoms with Gasteiger partial charge in [0.2, 0.25) is 0 Å². The molecule has 1 aromatic rings. The first-order chi connectivity index (χ1) is 8.24. The van der Waals surface area contributed by atoms with E-state index in [1.807, 2.05) is 0 Å². The molecule has 3 nitrogen and oxygen atoms in total. The number of fused-ring (bicyclic) bond motifs is 1. The first kappa shape index (κ1) is 12.1. The molecule has 92 valence electrons. The molecule has 0 bridgehead atoms. The average Bonchev–Trinajstić information content (AvgIpc) is 2.69. The molecule has 0 aliphatic carbocycles. The van der Waals surface area contributed by atoms with Crippen LogP contribution in [0.25, 0.3) is 5.70 Å². The first-order valence-electron chi connectivity index (χ1n) is 5.49. The molecule has 1 saturated heterocycles. The monoisotopic (exact) mass is 382 g/mol. The lowest BCUT2D eigenvalue weighted by atomic mass is 10.1. The highest BCUT2D eigenvalue weighted by Crippen LogP contribution is 2.38. The van der Waals surface area contributed by atoms with Crippen molar-refractivity contribution >= 4 is 51.5 Å². The molecule has 0 radical (unpaired) electrons. The van der Waals surface area contributed by atoms with E-state index in [4.69, 9.17) is 16.3 Å². The predicted octanol–water partition coefficient (Wildman–Crippen LogP) is 3.20. The van der Waals surface area contributed by atoms with Crippen LogP contribution in [0.4, 0.5) is 0 Å². The summed E-state index contributed by atoms with van der Waals surface area (Å²) < 4.78 is 8.47. The van der Waals surface area contributed by atoms with Crippen LogP contribution in [0.15, 0.2) is 12.3 Å². The summed E-state index contributed by atoms with van der Waals surface area (Å²) in [6.07, 6.45) is 2.21. The third-order valence-electron chi connectivity index (χ3n) is 2.96. The lowest BCUT2D eigenvalue weighted by molar-refractivity contribution is 0.0635. The van der Waals surface area contributed by atoms with E-state index < -0.39 is 0 Å². The number of hydrogen-bond acceptors (Lipinski definition) is 4. The van der Waals surface area contributed by atoms with E-state index >= 15 is 0 Å². The van der Waals surface area contributed by atoms with Crippen LogP contribution in [0.2, 0.25) is 4.34 Å². The lowest BCUT2D eigenvalue weighted by Gasteiger charge is -2.34. The van der Waals surface area contributed by atoms with Gasteiger partial charge in [-0.15, -0.1) is 11.3 Å². The van der Waals surface area contributed by atoms with Crippen molar-refractivity contribution in [1.29, 1.82) is 0 Å². The Morgan fingerprint density at radius 2 is 2.12 bits per heavy atom. The normalized spacial score (nSPS) is 20.2. The zero-order valence-corrected chi connectivity index (χ0v) is 12.9. The van der Waals surface area contributed by atoms with Crippen molar-refractivity contribution in [3.05, 3.63) is 27.0 Å². The highest BCUT2D eigenvalue weighted by Gasteiger charge is 2.24. The van der Waals surface area contributed by atoms with Crippen LogP contribution in [0.1, 0.15) is 10.4 Å². The summed E-state index contributed by atoms with van der Waals surface area (Å²) in [5, 5.41) is 0. The van der Waals surface area contributed by atoms with Gasteiger partial charge in [-0.3, -0.25) is 0 Å². The standard InChI is InChI=1S/C11H12ClIN2OS/c12-11-5-8-9(14-1-3-16-4-2-14)6-15(13)7-10(8)17-11/h5-6H,1-4,7H2. The van der Waals surface area contributed by atoms with E-state index in [2.05, 4.69) is 43.1 Å². The van der Waals surface area contributed by atoms with Gasteiger partial charge in [0.25, 0.3) is 0 Å². The van der Waals surface area contributed by atoms with Crippen LogP contribution >= 0.6 is 45.8 Å². The van der Waals surface area contributed by atoms with Gasteiger partial charge in [0.15, 0.2) is 0 Å². The van der Waals surface area contributed by atoms with Crippen LogP contribution in [0, 0.1) is 0 Å². The number of ether oxygens (including phenoxy) is 1. The molecule has 0 N–H and O–H groups in total. The quantitative estimate of drug-likeness (QED) is 0.548. The maximum atomic E-state index is 6.13. The number of hydrogen-bond donors (Lipinski definition) is 0. The number of rotatable bonds is 1. The van der Waals surface area contributed by atoms with Crippen LogP contribution in [0.3, 0.4) is 0 Å². The van der Waals surface area contributed by atoms with Gasteiger partial charge in [-0.1, -0.05) is 11.6 Å². The maximum absolute atomic E-state index is 6.13. The molecule has 0 atom stereocenters. The molecule has 0 unspecified atom stereocenters. The summed E-state index contributed by atoms with van der Waals surface area (Å²) >= 11 is 10.1. The molecule has 17 heavy (non-hydrogen) atoms. The van der Waals surface area contributed by atoms with Gasteiger partial charge in [0.1, 0.15) is 0 Å². The highest BCUT2D eigenvalue weighted by molar-refractivity contribution is 14.1. The van der Waals surface area contributed by atoms with Gasteiger partial charge in [0, 0.05) is 29.7 Å². The molecular weight excluding hydrogens is 371 g/mol. The third-order valence-corrected chi connectivity index (χ3v) is 4.83. The van der Waals surface area contributed by atoms with Crippen LogP contribution in [-0.2, 0) is 11.3 Å². The minimum atomic E-state index is 0.811. The molecule has 1 fully saturated rings. The fourth-order valence-electron chi connectivity index (χ4n) is 2.17. The second-order valence-corrected chi connectivity index (χ2v) is 7.07. The Kier molecular flexibility index (Phi) is 3.52. The van der Waals surface area contributed by atoms with Gasteiger partial charge in [0.05, 0.1) is 52.7 Å². The second kappa shape index (κ2) is 4.95. The summed E-state index contributed by atoms with van der Waals surface area (Å²) in [5.74, 6) is 0. The fraction of sp³-hybridized carbons (Fsp3) is 0.455. The minimum absolute atomic E-state index is 0.811. The molecule has 1 aromatic heterocycles. The summed E-state index contributed by atoms with van der Waals surface area (Å²) in [7, 11) is 0. The van der Waals surface area contributed by atoms with E-state index in [-0.39, 0.29) is 0 Å². The van der Waals surface area contributed by atoms with Crippen molar-refractivity contribution in [2.75, 3.05) is 26.3 Å². The summed E-state index contributed by atoms with van der Waals surface area (Å²) in [5.41, 5.74) is 2.59. The molecular formula is C11H12ClIN2OS. The van der Waals surface area contributed by atoms with Crippen molar-refractivity contribution in [1.82, 2.24) is 8.01 Å².